The minimum Gasteiger partial charge on any atom is -0.267 e. The maximum atomic E-state index is 11.7. The molecule has 1 rings (SSSR count). The highest BCUT2D eigenvalue weighted by molar-refractivity contribution is 6.34. The van der Waals surface area contributed by atoms with Crippen LogP contribution >= 0.6 is 11.6 Å². The first-order chi connectivity index (χ1) is 7.81. The number of hydrogen-bond donors (Lipinski definition) is 1. The zero-order valence-electron chi connectivity index (χ0n) is 8.77. The van der Waals surface area contributed by atoms with E-state index in [0.717, 1.165) is 0 Å². The van der Waals surface area contributed by atoms with Gasteiger partial charge in [-0.3, -0.25) is 9.63 Å². The third-order valence-electron chi connectivity index (χ3n) is 1.84. The lowest BCUT2D eigenvalue weighted by molar-refractivity contribution is -0.184. The molecule has 7 heteroatoms. The number of rotatable bonds is 3. The number of benzene rings is 1. The van der Waals surface area contributed by atoms with Gasteiger partial charge in [-0.05, 0) is 18.6 Å². The topological polar surface area (TPSA) is 38.3 Å². The molecule has 0 bridgehead atoms. The number of aryl methyl sites for hydroxylation is 1. The van der Waals surface area contributed by atoms with Crippen LogP contribution in [0.4, 0.5) is 13.2 Å². The zero-order valence-corrected chi connectivity index (χ0v) is 9.52. The van der Waals surface area contributed by atoms with Crippen LogP contribution in [0.5, 0.6) is 0 Å². The summed E-state index contributed by atoms with van der Waals surface area (Å²) in [5.41, 5.74) is 2.39. The average molecular weight is 268 g/mol. The molecule has 1 N–H and O–H groups in total. The van der Waals surface area contributed by atoms with Crippen LogP contribution in [0.25, 0.3) is 0 Å². The van der Waals surface area contributed by atoms with Crippen LogP contribution in [0, 0.1) is 6.92 Å². The molecule has 0 unspecified atom stereocenters. The standard InChI is InChI=1S/C10H9ClF3NO2/c1-6-3-2-4-7(8(6)11)9(16)15-17-5-10(12,13)14/h2-4H,5H2,1H3,(H,15,16). The summed E-state index contributed by atoms with van der Waals surface area (Å²) in [6.45, 7) is 0.123. The highest BCUT2D eigenvalue weighted by Gasteiger charge is 2.28. The van der Waals surface area contributed by atoms with Crippen molar-refractivity contribution in [3.63, 3.8) is 0 Å². The van der Waals surface area contributed by atoms with Gasteiger partial charge in [0, 0.05) is 0 Å². The summed E-state index contributed by atoms with van der Waals surface area (Å²) in [5, 5.41) is 0.181. The van der Waals surface area contributed by atoms with Crippen molar-refractivity contribution in [2.24, 2.45) is 0 Å². The van der Waals surface area contributed by atoms with Gasteiger partial charge in [0.25, 0.3) is 5.91 Å². The van der Waals surface area contributed by atoms with Gasteiger partial charge in [0.15, 0.2) is 6.61 Å². The largest absolute Gasteiger partial charge is 0.414 e. The van der Waals surface area contributed by atoms with Crippen molar-refractivity contribution in [1.82, 2.24) is 5.48 Å². The van der Waals surface area contributed by atoms with Crippen molar-refractivity contribution >= 4 is 17.5 Å². The molecule has 0 aliphatic rings. The van der Waals surface area contributed by atoms with Crippen LogP contribution in [-0.2, 0) is 4.84 Å². The molecule has 0 fully saturated rings. The maximum absolute atomic E-state index is 11.7. The van der Waals surface area contributed by atoms with Crippen LogP contribution < -0.4 is 5.48 Å². The van der Waals surface area contributed by atoms with Crippen molar-refractivity contribution in [2.75, 3.05) is 6.61 Å². The summed E-state index contributed by atoms with van der Waals surface area (Å²) in [5.74, 6) is -0.817. The molecule has 0 spiro atoms. The molecule has 17 heavy (non-hydrogen) atoms. The molecule has 94 valence electrons. The Bertz CT molecular complexity index is 421. The summed E-state index contributed by atoms with van der Waals surface area (Å²) < 4.78 is 35.2. The third-order valence-corrected chi connectivity index (χ3v) is 2.34. The number of hydrogen-bond acceptors (Lipinski definition) is 2. The van der Waals surface area contributed by atoms with Crippen molar-refractivity contribution in [3.05, 3.63) is 34.3 Å². The van der Waals surface area contributed by atoms with Crippen LogP contribution in [0.15, 0.2) is 18.2 Å². The molecule has 0 aliphatic heterocycles. The van der Waals surface area contributed by atoms with Gasteiger partial charge in [-0.1, -0.05) is 23.7 Å². The predicted molar refractivity (Wildman–Crippen MR) is 55.7 cm³/mol. The van der Waals surface area contributed by atoms with Crippen molar-refractivity contribution in [1.29, 1.82) is 0 Å². The highest BCUT2D eigenvalue weighted by atomic mass is 35.5. The van der Waals surface area contributed by atoms with Crippen LogP contribution in [0.3, 0.4) is 0 Å². The molecule has 0 radical (unpaired) electrons. The van der Waals surface area contributed by atoms with E-state index in [1.165, 1.54) is 6.07 Å². The Morgan fingerprint density at radius 3 is 2.71 bits per heavy atom. The smallest absolute Gasteiger partial charge is 0.267 e. The Morgan fingerprint density at radius 1 is 1.47 bits per heavy atom. The lowest BCUT2D eigenvalue weighted by Gasteiger charge is -2.09. The van der Waals surface area contributed by atoms with Gasteiger partial charge in [0.05, 0.1) is 10.6 Å². The Kier molecular flexibility index (Phi) is 4.36. The molecular formula is C10H9ClF3NO2. The van der Waals surface area contributed by atoms with E-state index in [0.29, 0.717) is 5.56 Å². The van der Waals surface area contributed by atoms with Crippen molar-refractivity contribution < 1.29 is 22.8 Å². The van der Waals surface area contributed by atoms with E-state index in [9.17, 15) is 18.0 Å². The fourth-order valence-corrected chi connectivity index (χ4v) is 1.27. The van der Waals surface area contributed by atoms with Crippen LogP contribution in [0.2, 0.25) is 5.02 Å². The molecule has 1 amide bonds. The normalized spacial score (nSPS) is 11.4. The van der Waals surface area contributed by atoms with E-state index in [-0.39, 0.29) is 10.6 Å². The van der Waals surface area contributed by atoms with E-state index in [4.69, 9.17) is 11.6 Å². The minimum absolute atomic E-state index is 0.0637. The van der Waals surface area contributed by atoms with E-state index >= 15 is 0 Å². The number of carbonyl (C=O) groups is 1. The number of halogens is 4. The Balaban J connectivity index is 2.62. The Morgan fingerprint density at radius 2 is 2.12 bits per heavy atom. The SMILES string of the molecule is Cc1cccc(C(=O)NOCC(F)(F)F)c1Cl. The third kappa shape index (κ3) is 4.24. The number of alkyl halides is 3. The van der Waals surface area contributed by atoms with Crippen LogP contribution in [-0.4, -0.2) is 18.7 Å². The number of carbonyl (C=O) groups excluding carboxylic acids is 1. The second-order valence-electron chi connectivity index (χ2n) is 3.27. The Labute approximate surface area is 100 Å². The van der Waals surface area contributed by atoms with Crippen molar-refractivity contribution in [2.45, 2.75) is 13.1 Å². The van der Waals surface area contributed by atoms with E-state index in [1.54, 1.807) is 24.5 Å². The molecule has 3 nitrogen and oxygen atoms in total. The van der Waals surface area contributed by atoms with Crippen LogP contribution in [0.1, 0.15) is 15.9 Å². The van der Waals surface area contributed by atoms with Gasteiger partial charge >= 0.3 is 6.18 Å². The molecule has 0 atom stereocenters. The predicted octanol–water partition coefficient (Wildman–Crippen LogP) is 2.87. The summed E-state index contributed by atoms with van der Waals surface area (Å²) in [4.78, 5) is 15.4. The molecule has 0 saturated carbocycles. The fraction of sp³-hybridized carbons (Fsp3) is 0.300. The maximum Gasteiger partial charge on any atom is 0.414 e. The second kappa shape index (κ2) is 5.37. The number of nitrogens with one attached hydrogen (secondary N) is 1. The van der Waals surface area contributed by atoms with Gasteiger partial charge in [0.1, 0.15) is 0 Å². The monoisotopic (exact) mass is 267 g/mol. The molecule has 0 heterocycles. The average Bonchev–Trinajstić information content (AvgIpc) is 2.20. The van der Waals surface area contributed by atoms with Crippen molar-refractivity contribution in [3.8, 4) is 0 Å². The highest BCUT2D eigenvalue weighted by Crippen LogP contribution is 2.20. The number of amides is 1. The summed E-state index contributed by atoms with van der Waals surface area (Å²) >= 11 is 5.82. The minimum atomic E-state index is -4.50. The quantitative estimate of drug-likeness (QED) is 0.855. The fourth-order valence-electron chi connectivity index (χ4n) is 1.06. The first-order valence-corrected chi connectivity index (χ1v) is 4.93. The van der Waals surface area contributed by atoms with E-state index in [1.807, 2.05) is 0 Å². The zero-order chi connectivity index (χ0) is 13.1. The summed E-state index contributed by atoms with van der Waals surface area (Å²) in [6.07, 6.45) is -4.50. The lowest BCUT2D eigenvalue weighted by Crippen LogP contribution is -2.29. The number of hydroxylamine groups is 1. The van der Waals surface area contributed by atoms with Gasteiger partial charge in [-0.25, -0.2) is 5.48 Å². The first kappa shape index (κ1) is 13.8. The van der Waals surface area contributed by atoms with E-state index in [2.05, 4.69) is 4.84 Å². The summed E-state index contributed by atoms with van der Waals surface area (Å²) in [7, 11) is 0. The molecule has 0 aliphatic carbocycles. The van der Waals surface area contributed by atoms with Gasteiger partial charge < -0.3 is 0 Å². The van der Waals surface area contributed by atoms with Gasteiger partial charge in [0.2, 0.25) is 0 Å². The Hall–Kier alpha value is -1.27. The first-order valence-electron chi connectivity index (χ1n) is 4.55. The molecule has 0 saturated heterocycles. The summed E-state index contributed by atoms with van der Waals surface area (Å²) in [6, 6.07) is 4.64. The second-order valence-corrected chi connectivity index (χ2v) is 3.65. The lowest BCUT2D eigenvalue weighted by atomic mass is 10.1. The molecule has 0 aromatic heterocycles. The van der Waals surface area contributed by atoms with E-state index < -0.39 is 18.7 Å². The molecule has 1 aromatic carbocycles. The van der Waals surface area contributed by atoms with Gasteiger partial charge in [-0.15, -0.1) is 0 Å². The van der Waals surface area contributed by atoms with Gasteiger partial charge in [-0.2, -0.15) is 13.2 Å². The molecule has 1 aromatic rings. The molecular weight excluding hydrogens is 259 g/mol.